The molecule has 1 aromatic heterocycles. The van der Waals surface area contributed by atoms with Crippen molar-refractivity contribution in [3.8, 4) is 11.5 Å². The molecule has 12 heteroatoms. The Labute approximate surface area is 232 Å². The minimum Gasteiger partial charge on any atom is -0.495 e. The molecule has 1 aliphatic heterocycles. The fraction of sp³-hybridized carbons (Fsp3) is 0.385. The van der Waals surface area contributed by atoms with E-state index in [1.165, 1.54) is 13.1 Å². The molecule has 0 saturated carbocycles. The first kappa shape index (κ1) is 28.1. The molecule has 0 aliphatic carbocycles. The average Bonchev–Trinajstić information content (AvgIpc) is 2.91. The minimum absolute atomic E-state index is 0.105. The van der Waals surface area contributed by atoms with Crippen molar-refractivity contribution in [2.75, 3.05) is 37.9 Å². The third-order valence-corrected chi connectivity index (χ3v) is 8.42. The summed E-state index contributed by atoms with van der Waals surface area (Å²) in [5.41, 5.74) is 1.03. The third kappa shape index (κ3) is 6.73. The van der Waals surface area contributed by atoms with E-state index >= 15 is 0 Å². The zero-order chi connectivity index (χ0) is 27.3. The Balaban J connectivity index is 1.53. The van der Waals surface area contributed by atoms with Crippen LogP contribution in [0.4, 0.5) is 23.1 Å². The molecular weight excluding hydrogens is 572 g/mol. The summed E-state index contributed by atoms with van der Waals surface area (Å²) in [7, 11) is -0.710. The molecule has 4 rings (SSSR count). The Morgan fingerprint density at radius 1 is 1.08 bits per heavy atom. The first-order valence-electron chi connectivity index (χ1n) is 12.4. The number of para-hydroxylation sites is 1. The summed E-state index contributed by atoms with van der Waals surface area (Å²) in [5.74, 6) is 2.03. The fourth-order valence-electron chi connectivity index (χ4n) is 4.24. The summed E-state index contributed by atoms with van der Waals surface area (Å²) >= 11 is 3.45. The molecule has 10 nitrogen and oxygen atoms in total. The van der Waals surface area contributed by atoms with Gasteiger partial charge in [-0.3, -0.25) is 0 Å². The van der Waals surface area contributed by atoms with E-state index in [2.05, 4.69) is 60.0 Å². The average molecular weight is 606 g/mol. The van der Waals surface area contributed by atoms with Crippen LogP contribution in [-0.4, -0.2) is 62.7 Å². The maximum absolute atomic E-state index is 12.5. The van der Waals surface area contributed by atoms with Crippen molar-refractivity contribution >= 4 is 49.1 Å². The van der Waals surface area contributed by atoms with Crippen LogP contribution in [0.15, 0.2) is 58.0 Å². The molecule has 0 bridgehead atoms. The lowest BCUT2D eigenvalue weighted by atomic mass is 10.1. The Hall–Kier alpha value is -2.93. The van der Waals surface area contributed by atoms with Gasteiger partial charge in [-0.1, -0.05) is 12.1 Å². The molecule has 204 valence electrons. The molecule has 0 radical (unpaired) electrons. The molecular formula is C26H33BrN6O4S. The highest BCUT2D eigenvalue weighted by Crippen LogP contribution is 2.34. The first-order chi connectivity index (χ1) is 18.2. The van der Waals surface area contributed by atoms with Crippen molar-refractivity contribution in [1.29, 1.82) is 0 Å². The summed E-state index contributed by atoms with van der Waals surface area (Å²) < 4.78 is 39.7. The molecule has 3 aromatic rings. The third-order valence-electron chi connectivity index (χ3n) is 6.37. The molecule has 2 heterocycles. The second kappa shape index (κ2) is 12.3. The predicted molar refractivity (Wildman–Crippen MR) is 152 cm³/mol. The Bertz CT molecular complexity index is 1360. The summed E-state index contributed by atoms with van der Waals surface area (Å²) in [5, 5.41) is 6.30. The number of anilines is 4. The van der Waals surface area contributed by atoms with Gasteiger partial charge in [-0.2, -0.15) is 4.98 Å². The molecule has 0 atom stereocenters. The number of aromatic nitrogens is 2. The number of nitrogens with one attached hydrogen (secondary N) is 3. The lowest BCUT2D eigenvalue weighted by Gasteiger charge is -2.34. The number of likely N-dealkylation sites (tertiary alicyclic amines) is 1. The van der Waals surface area contributed by atoms with Crippen molar-refractivity contribution in [2.45, 2.75) is 43.7 Å². The normalized spacial score (nSPS) is 14.9. The van der Waals surface area contributed by atoms with Gasteiger partial charge in [-0.25, -0.2) is 18.1 Å². The standard InChI is InChI=1S/C26H33BrN6O4S/c1-17(2)33-13-11-18(12-14-33)37-19-9-10-23(36-4)22(15-19)31-26-29-16-20(27)25(32-26)30-21-7-5-6-8-24(21)38(34,35)28-3/h5-10,15-18,28H,11-14H2,1-4H3,(H2,29,30,31,32). The summed E-state index contributed by atoms with van der Waals surface area (Å²) in [4.78, 5) is 11.5. The van der Waals surface area contributed by atoms with Crippen LogP contribution in [0.2, 0.25) is 0 Å². The fourth-order valence-corrected chi connectivity index (χ4v) is 5.41. The van der Waals surface area contributed by atoms with E-state index in [4.69, 9.17) is 9.47 Å². The van der Waals surface area contributed by atoms with E-state index in [1.807, 2.05) is 18.2 Å². The maximum Gasteiger partial charge on any atom is 0.242 e. The van der Waals surface area contributed by atoms with Crippen LogP contribution in [0.3, 0.4) is 0 Å². The van der Waals surface area contributed by atoms with Gasteiger partial charge in [0.1, 0.15) is 28.3 Å². The highest BCUT2D eigenvalue weighted by Gasteiger charge is 2.23. The summed E-state index contributed by atoms with van der Waals surface area (Å²) in [6.07, 6.45) is 3.69. The topological polar surface area (TPSA) is 118 Å². The van der Waals surface area contributed by atoms with Gasteiger partial charge in [0.05, 0.1) is 23.0 Å². The highest BCUT2D eigenvalue weighted by atomic mass is 79.9. The van der Waals surface area contributed by atoms with Crippen molar-refractivity contribution in [1.82, 2.24) is 19.6 Å². The monoisotopic (exact) mass is 604 g/mol. The molecule has 1 aliphatic rings. The summed E-state index contributed by atoms with van der Waals surface area (Å²) in [6.45, 7) is 6.48. The van der Waals surface area contributed by atoms with Gasteiger partial charge in [-0.15, -0.1) is 0 Å². The minimum atomic E-state index is -3.67. The number of hydrogen-bond acceptors (Lipinski definition) is 9. The van der Waals surface area contributed by atoms with Crippen LogP contribution in [0.25, 0.3) is 0 Å². The van der Waals surface area contributed by atoms with Crippen molar-refractivity contribution in [3.63, 3.8) is 0 Å². The largest absolute Gasteiger partial charge is 0.495 e. The number of methoxy groups -OCH3 is 1. The van der Waals surface area contributed by atoms with E-state index in [1.54, 1.807) is 31.5 Å². The molecule has 0 unspecified atom stereocenters. The van der Waals surface area contributed by atoms with Crippen molar-refractivity contribution < 1.29 is 17.9 Å². The quantitative estimate of drug-likeness (QED) is 0.297. The number of halogens is 1. The van der Waals surface area contributed by atoms with Gasteiger partial charge in [-0.05, 0) is 73.9 Å². The van der Waals surface area contributed by atoms with Crippen LogP contribution < -0.4 is 24.8 Å². The van der Waals surface area contributed by atoms with Crippen molar-refractivity contribution in [2.24, 2.45) is 0 Å². The lowest BCUT2D eigenvalue weighted by molar-refractivity contribution is 0.0843. The van der Waals surface area contributed by atoms with Crippen LogP contribution in [0.1, 0.15) is 26.7 Å². The lowest BCUT2D eigenvalue weighted by Crippen LogP contribution is -2.41. The number of piperidine rings is 1. The number of nitrogens with zero attached hydrogens (tertiary/aromatic N) is 3. The van der Waals surface area contributed by atoms with Crippen LogP contribution in [0, 0.1) is 0 Å². The van der Waals surface area contributed by atoms with Crippen LogP contribution >= 0.6 is 15.9 Å². The summed E-state index contributed by atoms with van der Waals surface area (Å²) in [6, 6.07) is 12.7. The second-order valence-corrected chi connectivity index (χ2v) is 11.9. The van der Waals surface area contributed by atoms with E-state index < -0.39 is 10.0 Å². The predicted octanol–water partition coefficient (Wildman–Crippen LogP) is 4.89. The van der Waals surface area contributed by atoms with Gasteiger partial charge in [0.2, 0.25) is 16.0 Å². The SMILES string of the molecule is CNS(=O)(=O)c1ccccc1Nc1nc(Nc2cc(OC3CCN(C(C)C)CC3)ccc2OC)ncc1Br. The molecule has 0 spiro atoms. The number of benzene rings is 2. The van der Waals surface area contributed by atoms with Crippen LogP contribution in [0.5, 0.6) is 11.5 Å². The van der Waals surface area contributed by atoms with Gasteiger partial charge >= 0.3 is 0 Å². The van der Waals surface area contributed by atoms with Gasteiger partial charge < -0.3 is 25.0 Å². The zero-order valence-electron chi connectivity index (χ0n) is 21.9. The Morgan fingerprint density at radius 3 is 2.50 bits per heavy atom. The smallest absolute Gasteiger partial charge is 0.242 e. The number of rotatable bonds is 10. The van der Waals surface area contributed by atoms with Gasteiger partial charge in [0.15, 0.2) is 0 Å². The molecule has 1 saturated heterocycles. The Kier molecular flexibility index (Phi) is 9.08. The zero-order valence-corrected chi connectivity index (χ0v) is 24.3. The second-order valence-electron chi connectivity index (χ2n) is 9.15. The number of hydrogen-bond donors (Lipinski definition) is 3. The van der Waals surface area contributed by atoms with E-state index in [0.717, 1.165) is 31.7 Å². The molecule has 3 N–H and O–H groups in total. The van der Waals surface area contributed by atoms with E-state index in [-0.39, 0.29) is 11.0 Å². The number of sulfonamides is 1. The molecule has 2 aromatic carbocycles. The Morgan fingerprint density at radius 2 is 1.82 bits per heavy atom. The van der Waals surface area contributed by atoms with Gasteiger partial charge in [0.25, 0.3) is 0 Å². The van der Waals surface area contributed by atoms with Gasteiger partial charge in [0, 0.05) is 31.4 Å². The first-order valence-corrected chi connectivity index (χ1v) is 14.7. The maximum atomic E-state index is 12.5. The van der Waals surface area contributed by atoms with Crippen molar-refractivity contribution in [3.05, 3.63) is 53.1 Å². The van der Waals surface area contributed by atoms with Crippen LogP contribution in [-0.2, 0) is 10.0 Å². The van der Waals surface area contributed by atoms with E-state index in [0.29, 0.717) is 39.4 Å². The molecule has 38 heavy (non-hydrogen) atoms. The molecule has 0 amide bonds. The van der Waals surface area contributed by atoms with E-state index in [9.17, 15) is 8.42 Å². The number of ether oxygens (including phenoxy) is 2. The highest BCUT2D eigenvalue weighted by molar-refractivity contribution is 9.10. The molecule has 1 fully saturated rings.